The molecular weight excluding hydrogens is 456 g/mol. The first-order valence-corrected chi connectivity index (χ1v) is 12.6. The number of benzene rings is 2. The lowest BCUT2D eigenvalue weighted by Gasteiger charge is -2.54. The Balaban J connectivity index is 1.53. The van der Waals surface area contributed by atoms with Crippen molar-refractivity contribution in [3.8, 4) is 11.5 Å². The van der Waals surface area contributed by atoms with Crippen LogP contribution >= 0.6 is 0 Å². The smallest absolute Gasteiger partial charge is 0.410 e. The van der Waals surface area contributed by atoms with Crippen molar-refractivity contribution in [1.82, 2.24) is 10.2 Å². The maximum absolute atomic E-state index is 13.1. The van der Waals surface area contributed by atoms with Gasteiger partial charge in [-0.2, -0.15) is 0 Å². The van der Waals surface area contributed by atoms with Gasteiger partial charge in [0.2, 0.25) is 0 Å². The lowest BCUT2D eigenvalue weighted by molar-refractivity contribution is -0.0164. The van der Waals surface area contributed by atoms with Gasteiger partial charge in [-0.15, -0.1) is 0 Å². The topological polar surface area (TPSA) is 77.1 Å². The summed E-state index contributed by atoms with van der Waals surface area (Å²) in [5.41, 5.74) is 3.29. The molecule has 0 saturated carbocycles. The number of hydrogen-bond acceptors (Lipinski definition) is 5. The fourth-order valence-electron chi connectivity index (χ4n) is 5.58. The number of nitrogens with one attached hydrogen (secondary N) is 1. The van der Waals surface area contributed by atoms with Crippen molar-refractivity contribution in [2.45, 2.75) is 71.1 Å². The van der Waals surface area contributed by atoms with Gasteiger partial charge in [-0.3, -0.25) is 4.79 Å². The molecule has 2 bridgehead atoms. The highest BCUT2D eigenvalue weighted by Crippen LogP contribution is 2.49. The summed E-state index contributed by atoms with van der Waals surface area (Å²) in [7, 11) is 3.21. The summed E-state index contributed by atoms with van der Waals surface area (Å²) in [5.74, 6) is 1.49. The molecule has 7 nitrogen and oxygen atoms in total. The molecule has 194 valence electrons. The molecule has 3 atom stereocenters. The maximum atomic E-state index is 13.1. The zero-order valence-electron chi connectivity index (χ0n) is 22.4. The Bertz CT molecular complexity index is 1150. The zero-order valence-corrected chi connectivity index (χ0v) is 22.4. The van der Waals surface area contributed by atoms with Gasteiger partial charge in [0, 0.05) is 36.3 Å². The Morgan fingerprint density at radius 2 is 1.86 bits per heavy atom. The average Bonchev–Trinajstić information content (AvgIpc) is 2.83. The number of amides is 2. The summed E-state index contributed by atoms with van der Waals surface area (Å²) in [6.07, 6.45) is 1.34. The molecule has 4 rings (SSSR count). The SMILES string of the molecule is COc1ccc(CNC(=O)c2ccc3c(c2)[C@@]2(C)CCN(C(=O)OC(C)(C)C)[C@H](C3)[C@@H]2C)c(OC)c1. The molecule has 2 aromatic carbocycles. The molecule has 2 aromatic rings. The largest absolute Gasteiger partial charge is 0.497 e. The van der Waals surface area contributed by atoms with Gasteiger partial charge >= 0.3 is 6.09 Å². The van der Waals surface area contributed by atoms with Gasteiger partial charge in [-0.05, 0) is 80.3 Å². The van der Waals surface area contributed by atoms with Crippen molar-refractivity contribution in [1.29, 1.82) is 0 Å². The van der Waals surface area contributed by atoms with Crippen LogP contribution in [0.25, 0.3) is 0 Å². The standard InChI is InChI=1S/C29H38N2O5/c1-18-24-15-19-8-9-20(26(32)30-17-21-10-11-22(34-6)16-25(21)35-7)14-23(19)29(18,5)12-13-31(24)27(33)36-28(2,3)4/h8-11,14,16,18,24H,12-13,15,17H2,1-7H3,(H,30,32)/t18-,24+,29-/m0/s1. The van der Waals surface area contributed by atoms with Crippen LogP contribution in [0.4, 0.5) is 4.79 Å². The van der Waals surface area contributed by atoms with E-state index in [2.05, 4.69) is 19.2 Å². The van der Waals surface area contributed by atoms with Crippen LogP contribution < -0.4 is 14.8 Å². The Morgan fingerprint density at radius 1 is 1.11 bits per heavy atom. The predicted octanol–water partition coefficient (Wildman–Crippen LogP) is 5.09. The van der Waals surface area contributed by atoms with E-state index in [4.69, 9.17) is 14.2 Å². The lowest BCUT2D eigenvalue weighted by atomic mass is 9.59. The van der Waals surface area contributed by atoms with E-state index in [1.807, 2.05) is 62.1 Å². The van der Waals surface area contributed by atoms with Gasteiger partial charge in [0.1, 0.15) is 17.1 Å². The third kappa shape index (κ3) is 4.88. The van der Waals surface area contributed by atoms with Gasteiger partial charge in [0.05, 0.1) is 14.2 Å². The second kappa shape index (κ2) is 9.68. The quantitative estimate of drug-likeness (QED) is 0.626. The number of likely N-dealkylation sites (tertiary alicyclic amines) is 1. The predicted molar refractivity (Wildman–Crippen MR) is 139 cm³/mol. The Hall–Kier alpha value is -3.22. The summed E-state index contributed by atoms with van der Waals surface area (Å²) < 4.78 is 16.4. The Kier molecular flexibility index (Phi) is 6.95. The van der Waals surface area contributed by atoms with E-state index in [0.29, 0.717) is 30.2 Å². The van der Waals surface area contributed by atoms with Crippen LogP contribution in [0.2, 0.25) is 0 Å². The molecular formula is C29H38N2O5. The van der Waals surface area contributed by atoms with Gasteiger partial charge in [0.25, 0.3) is 5.91 Å². The van der Waals surface area contributed by atoms with Crippen LogP contribution in [0.1, 0.15) is 68.1 Å². The minimum atomic E-state index is -0.522. The fraction of sp³-hybridized carbons (Fsp3) is 0.517. The van der Waals surface area contributed by atoms with Crippen molar-refractivity contribution >= 4 is 12.0 Å². The minimum absolute atomic E-state index is 0.0771. The molecule has 7 heteroatoms. The second-order valence-corrected chi connectivity index (χ2v) is 11.1. The Labute approximate surface area is 214 Å². The normalized spacial score (nSPS) is 22.9. The molecule has 36 heavy (non-hydrogen) atoms. The molecule has 1 N–H and O–H groups in total. The second-order valence-electron chi connectivity index (χ2n) is 11.1. The summed E-state index contributed by atoms with van der Waals surface area (Å²) in [6, 6.07) is 11.6. The molecule has 2 amide bonds. The highest BCUT2D eigenvalue weighted by molar-refractivity contribution is 5.94. The zero-order chi connectivity index (χ0) is 26.3. The molecule has 1 fully saturated rings. The summed E-state index contributed by atoms with van der Waals surface area (Å²) in [6.45, 7) is 11.2. The van der Waals surface area contributed by atoms with Crippen LogP contribution in [0, 0.1) is 5.92 Å². The fourth-order valence-corrected chi connectivity index (χ4v) is 5.58. The van der Waals surface area contributed by atoms with Crippen LogP contribution in [0.15, 0.2) is 36.4 Å². The molecule has 1 heterocycles. The first-order chi connectivity index (χ1) is 17.0. The maximum Gasteiger partial charge on any atom is 0.410 e. The number of carbonyl (C=O) groups is 2. The van der Waals surface area contributed by atoms with Crippen molar-refractivity contribution < 1.29 is 23.8 Å². The molecule has 1 saturated heterocycles. The Morgan fingerprint density at radius 3 is 2.53 bits per heavy atom. The molecule has 0 aromatic heterocycles. The third-order valence-electron chi connectivity index (χ3n) is 7.83. The van der Waals surface area contributed by atoms with E-state index in [1.165, 1.54) is 11.1 Å². The van der Waals surface area contributed by atoms with Crippen LogP contribution in [0.3, 0.4) is 0 Å². The molecule has 2 aliphatic rings. The van der Waals surface area contributed by atoms with Gasteiger partial charge < -0.3 is 24.4 Å². The van der Waals surface area contributed by atoms with Gasteiger partial charge in [0.15, 0.2) is 0 Å². The van der Waals surface area contributed by atoms with Gasteiger partial charge in [-0.1, -0.05) is 19.9 Å². The van der Waals surface area contributed by atoms with Crippen molar-refractivity contribution in [2.75, 3.05) is 20.8 Å². The van der Waals surface area contributed by atoms with E-state index < -0.39 is 5.60 Å². The highest BCUT2D eigenvalue weighted by Gasteiger charge is 2.50. The number of piperidine rings is 1. The monoisotopic (exact) mass is 494 g/mol. The first kappa shape index (κ1) is 25.9. The number of rotatable bonds is 5. The van der Waals surface area contributed by atoms with E-state index in [9.17, 15) is 9.59 Å². The number of methoxy groups -OCH3 is 2. The van der Waals surface area contributed by atoms with Crippen LogP contribution in [-0.2, 0) is 23.1 Å². The molecule has 0 unspecified atom stereocenters. The molecule has 1 aliphatic heterocycles. The number of carbonyl (C=O) groups excluding carboxylic acids is 2. The summed E-state index contributed by atoms with van der Waals surface area (Å²) >= 11 is 0. The molecule has 0 spiro atoms. The van der Waals surface area contributed by atoms with Gasteiger partial charge in [-0.25, -0.2) is 4.79 Å². The molecule has 1 aliphatic carbocycles. The van der Waals surface area contributed by atoms with Crippen molar-refractivity contribution in [3.63, 3.8) is 0 Å². The van der Waals surface area contributed by atoms with Crippen LogP contribution in [0.5, 0.6) is 11.5 Å². The average molecular weight is 495 g/mol. The van der Waals surface area contributed by atoms with Crippen molar-refractivity contribution in [2.24, 2.45) is 5.92 Å². The van der Waals surface area contributed by atoms with E-state index in [-0.39, 0.29) is 29.4 Å². The van der Waals surface area contributed by atoms with Crippen LogP contribution in [-0.4, -0.2) is 49.3 Å². The first-order valence-electron chi connectivity index (χ1n) is 12.6. The number of ether oxygens (including phenoxy) is 3. The van der Waals surface area contributed by atoms with Crippen molar-refractivity contribution in [3.05, 3.63) is 58.7 Å². The lowest BCUT2D eigenvalue weighted by Crippen LogP contribution is -2.60. The molecule has 0 radical (unpaired) electrons. The number of nitrogens with zero attached hydrogens (tertiary/aromatic N) is 1. The van der Waals surface area contributed by atoms with E-state index in [1.54, 1.807) is 14.2 Å². The summed E-state index contributed by atoms with van der Waals surface area (Å²) in [5, 5.41) is 3.03. The number of hydrogen-bond donors (Lipinski definition) is 1. The number of fused-ring (bicyclic) bond motifs is 4. The minimum Gasteiger partial charge on any atom is -0.497 e. The highest BCUT2D eigenvalue weighted by atomic mass is 16.6. The van der Waals surface area contributed by atoms with E-state index in [0.717, 1.165) is 18.4 Å². The summed E-state index contributed by atoms with van der Waals surface area (Å²) in [4.78, 5) is 27.9. The van der Waals surface area contributed by atoms with E-state index >= 15 is 0 Å². The third-order valence-corrected chi connectivity index (χ3v) is 7.83.